The standard InChI is InChI=1S/C3H3NO.CHNO/c1-2-4-5-3-1;2-1-3/h1-3H;2H. The van der Waals surface area contributed by atoms with E-state index in [1.54, 1.807) is 12.3 Å². The zero-order chi connectivity index (χ0) is 6.24. The molecule has 0 unspecified atom stereocenters. The Morgan fingerprint density at radius 1 is 1.75 bits per heavy atom. The fourth-order valence-electron chi connectivity index (χ4n) is 0.176. The number of carbonyl (C=O) groups excluding carboxylic acids is 1. The number of rotatable bonds is 0. The number of hydrogen-bond acceptors (Lipinski definition) is 4. The lowest BCUT2D eigenvalue weighted by Crippen LogP contribution is -1.38. The first kappa shape index (κ1) is 6.59. The van der Waals surface area contributed by atoms with Crippen molar-refractivity contribution in [2.45, 2.75) is 0 Å². The maximum atomic E-state index is 8.35. The highest BCUT2D eigenvalue weighted by atomic mass is 16.5. The van der Waals surface area contributed by atoms with E-state index < -0.39 is 0 Å². The molecule has 1 aromatic heterocycles. The molecule has 42 valence electrons. The highest BCUT2D eigenvalue weighted by Gasteiger charge is 1.60. The zero-order valence-corrected chi connectivity index (χ0v) is 4.00. The molecule has 0 atom stereocenters. The molecule has 0 bridgehead atoms. The second-order valence-electron chi connectivity index (χ2n) is 0.790. The van der Waals surface area contributed by atoms with Gasteiger partial charge in [-0.2, -0.15) is 0 Å². The molecule has 0 spiro atoms. The van der Waals surface area contributed by atoms with Crippen molar-refractivity contribution in [2.75, 3.05) is 0 Å². The predicted molar refractivity (Wildman–Crippen MR) is 24.9 cm³/mol. The average Bonchev–Trinajstić information content (AvgIpc) is 2.17. The Kier molecular flexibility index (Phi) is 4.60. The van der Waals surface area contributed by atoms with Gasteiger partial charge in [-0.3, -0.25) is 0 Å². The van der Waals surface area contributed by atoms with Crippen LogP contribution >= 0.6 is 0 Å². The smallest absolute Gasteiger partial charge is 0.231 e. The van der Waals surface area contributed by atoms with Crippen LogP contribution in [0.25, 0.3) is 0 Å². The summed E-state index contributed by atoms with van der Waals surface area (Å²) >= 11 is 0. The van der Waals surface area contributed by atoms with Gasteiger partial charge in [0, 0.05) is 0 Å². The van der Waals surface area contributed by atoms with E-state index in [0.717, 1.165) is 6.08 Å². The summed E-state index contributed by atoms with van der Waals surface area (Å²) in [6.45, 7) is 0. The van der Waals surface area contributed by atoms with E-state index in [2.05, 4.69) is 9.68 Å². The normalized spacial score (nSPS) is 6.00. The molecular formula is C4H4N2O2. The first-order valence-electron chi connectivity index (χ1n) is 1.80. The fraction of sp³-hybridized carbons (Fsp3) is 0. The number of nitrogens with zero attached hydrogens (tertiary/aromatic N) is 1. The van der Waals surface area contributed by atoms with Crippen LogP contribution in [0.15, 0.2) is 23.0 Å². The van der Waals surface area contributed by atoms with Crippen molar-refractivity contribution in [3.8, 4) is 0 Å². The summed E-state index contributed by atoms with van der Waals surface area (Å²) in [5.41, 5.74) is 0. The Morgan fingerprint density at radius 3 is 2.50 bits per heavy atom. The van der Waals surface area contributed by atoms with Gasteiger partial charge in [0.25, 0.3) is 0 Å². The van der Waals surface area contributed by atoms with Gasteiger partial charge in [0.1, 0.15) is 6.26 Å². The summed E-state index contributed by atoms with van der Waals surface area (Å²) in [5.74, 6) is 0. The first-order valence-corrected chi connectivity index (χ1v) is 1.80. The van der Waals surface area contributed by atoms with Crippen LogP contribution in [-0.2, 0) is 4.79 Å². The Labute approximate surface area is 45.6 Å². The van der Waals surface area contributed by atoms with Gasteiger partial charge in [0.05, 0.1) is 6.20 Å². The molecule has 0 saturated heterocycles. The van der Waals surface area contributed by atoms with E-state index in [1.807, 2.05) is 0 Å². The third-order valence-electron chi connectivity index (χ3n) is 0.347. The zero-order valence-electron chi connectivity index (χ0n) is 4.00. The van der Waals surface area contributed by atoms with Crippen LogP contribution in [0.5, 0.6) is 0 Å². The molecule has 0 saturated carbocycles. The lowest BCUT2D eigenvalue weighted by Gasteiger charge is -1.48. The van der Waals surface area contributed by atoms with Crippen LogP contribution in [0.3, 0.4) is 0 Å². The fourth-order valence-corrected chi connectivity index (χ4v) is 0.176. The Bertz CT molecular complexity index is 124. The van der Waals surface area contributed by atoms with E-state index in [0.29, 0.717) is 0 Å². The molecule has 0 aliphatic rings. The van der Waals surface area contributed by atoms with Crippen LogP contribution in [0.4, 0.5) is 0 Å². The lowest BCUT2D eigenvalue weighted by atomic mass is 10.8. The molecule has 1 aromatic rings. The number of aromatic nitrogens is 1. The van der Waals surface area contributed by atoms with Gasteiger partial charge >= 0.3 is 0 Å². The van der Waals surface area contributed by atoms with Crippen LogP contribution < -0.4 is 0 Å². The minimum Gasteiger partial charge on any atom is -0.365 e. The molecule has 1 heterocycles. The SMILES string of the molecule is N=C=O.c1cnoc1. The van der Waals surface area contributed by atoms with Gasteiger partial charge in [-0.1, -0.05) is 5.16 Å². The Balaban J connectivity index is 0.000000145. The number of isocyanates is 1. The molecule has 0 amide bonds. The maximum absolute atomic E-state index is 8.35. The maximum Gasteiger partial charge on any atom is 0.231 e. The van der Waals surface area contributed by atoms with Crippen molar-refractivity contribution in [1.82, 2.24) is 5.16 Å². The Morgan fingerprint density at radius 2 is 2.38 bits per heavy atom. The van der Waals surface area contributed by atoms with Gasteiger partial charge in [0.15, 0.2) is 0 Å². The summed E-state index contributed by atoms with van der Waals surface area (Å²) in [4.78, 5) is 8.35. The molecule has 0 aromatic carbocycles. The average molecular weight is 112 g/mol. The van der Waals surface area contributed by atoms with Gasteiger partial charge < -0.3 is 4.52 Å². The van der Waals surface area contributed by atoms with E-state index >= 15 is 0 Å². The van der Waals surface area contributed by atoms with E-state index in [-0.39, 0.29) is 0 Å². The molecule has 4 nitrogen and oxygen atoms in total. The van der Waals surface area contributed by atoms with E-state index in [1.165, 1.54) is 6.26 Å². The van der Waals surface area contributed by atoms with Crippen molar-refractivity contribution in [1.29, 1.82) is 5.41 Å². The molecule has 8 heavy (non-hydrogen) atoms. The third-order valence-corrected chi connectivity index (χ3v) is 0.347. The largest absolute Gasteiger partial charge is 0.365 e. The van der Waals surface area contributed by atoms with Gasteiger partial charge in [-0.05, 0) is 6.07 Å². The first-order chi connectivity index (χ1) is 3.91. The quantitative estimate of drug-likeness (QED) is 0.394. The van der Waals surface area contributed by atoms with Crippen molar-refractivity contribution in [3.05, 3.63) is 18.5 Å². The summed E-state index contributed by atoms with van der Waals surface area (Å²) in [5, 5.41) is 8.75. The van der Waals surface area contributed by atoms with Crippen LogP contribution in [0.2, 0.25) is 0 Å². The van der Waals surface area contributed by atoms with Crippen LogP contribution in [0.1, 0.15) is 0 Å². The monoisotopic (exact) mass is 112 g/mol. The lowest BCUT2D eigenvalue weighted by molar-refractivity contribution is 0.420. The number of hydrogen-bond donors (Lipinski definition) is 1. The van der Waals surface area contributed by atoms with Crippen molar-refractivity contribution in [2.24, 2.45) is 0 Å². The molecule has 0 aliphatic heterocycles. The summed E-state index contributed by atoms with van der Waals surface area (Å²) in [6.07, 6.45) is 3.85. The topological polar surface area (TPSA) is 67.0 Å². The van der Waals surface area contributed by atoms with Crippen molar-refractivity contribution < 1.29 is 9.32 Å². The number of nitrogens with one attached hydrogen (secondary N) is 1. The molecule has 0 fully saturated rings. The molecule has 0 aliphatic carbocycles. The van der Waals surface area contributed by atoms with Gasteiger partial charge in [-0.25, -0.2) is 10.2 Å². The van der Waals surface area contributed by atoms with Crippen LogP contribution in [-0.4, -0.2) is 11.2 Å². The minimum absolute atomic E-state index is 0.750. The second kappa shape index (κ2) is 5.59. The Hall–Kier alpha value is -1.41. The highest BCUT2D eigenvalue weighted by molar-refractivity contribution is 5.26. The van der Waals surface area contributed by atoms with Gasteiger partial charge in [0.2, 0.25) is 6.08 Å². The summed E-state index contributed by atoms with van der Waals surface area (Å²) in [6, 6.07) is 1.72. The van der Waals surface area contributed by atoms with Crippen LogP contribution in [0, 0.1) is 5.41 Å². The second-order valence-corrected chi connectivity index (χ2v) is 0.790. The van der Waals surface area contributed by atoms with Crippen molar-refractivity contribution >= 4 is 6.08 Å². The predicted octanol–water partition coefficient (Wildman–Crippen LogP) is 0.576. The molecule has 0 radical (unpaired) electrons. The molecule has 1 rings (SSSR count). The molecule has 4 heteroatoms. The third kappa shape index (κ3) is 4.59. The highest BCUT2D eigenvalue weighted by Crippen LogP contribution is 1.72. The molecule has 1 N–H and O–H groups in total. The van der Waals surface area contributed by atoms with Gasteiger partial charge in [-0.15, -0.1) is 0 Å². The summed E-state index contributed by atoms with van der Waals surface area (Å²) < 4.78 is 4.33. The van der Waals surface area contributed by atoms with Crippen molar-refractivity contribution in [3.63, 3.8) is 0 Å². The summed E-state index contributed by atoms with van der Waals surface area (Å²) in [7, 11) is 0. The minimum atomic E-state index is 0.750. The van der Waals surface area contributed by atoms with E-state index in [4.69, 9.17) is 10.2 Å². The molecular weight excluding hydrogens is 108 g/mol. The van der Waals surface area contributed by atoms with E-state index in [9.17, 15) is 0 Å².